The van der Waals surface area contributed by atoms with Crippen molar-refractivity contribution in [2.24, 2.45) is 0 Å². The SMILES string of the molecule is CCCCN(CCO)C(=O)c1ccnc(NC)c1. The third kappa shape index (κ3) is 4.00. The Hall–Kier alpha value is -1.62. The molecule has 1 aromatic rings. The normalized spacial score (nSPS) is 10.2. The number of carbonyl (C=O) groups is 1. The first-order valence-corrected chi connectivity index (χ1v) is 6.26. The van der Waals surface area contributed by atoms with Gasteiger partial charge in [0, 0.05) is 31.9 Å². The molecule has 0 saturated heterocycles. The van der Waals surface area contributed by atoms with Crippen LogP contribution in [-0.2, 0) is 0 Å². The Balaban J connectivity index is 2.79. The maximum Gasteiger partial charge on any atom is 0.254 e. The lowest BCUT2D eigenvalue weighted by atomic mass is 10.2. The Morgan fingerprint density at radius 1 is 1.50 bits per heavy atom. The van der Waals surface area contributed by atoms with Gasteiger partial charge in [-0.2, -0.15) is 0 Å². The van der Waals surface area contributed by atoms with Gasteiger partial charge in [0.1, 0.15) is 5.82 Å². The third-order valence-electron chi connectivity index (χ3n) is 2.70. The first kappa shape index (κ1) is 14.4. The van der Waals surface area contributed by atoms with E-state index in [1.54, 1.807) is 30.3 Å². The van der Waals surface area contributed by atoms with Gasteiger partial charge < -0.3 is 15.3 Å². The van der Waals surface area contributed by atoms with Crippen molar-refractivity contribution in [1.82, 2.24) is 9.88 Å². The number of aromatic nitrogens is 1. The summed E-state index contributed by atoms with van der Waals surface area (Å²) in [6, 6.07) is 3.41. The van der Waals surface area contributed by atoms with Crippen LogP contribution in [0, 0.1) is 0 Å². The Morgan fingerprint density at radius 3 is 2.89 bits per heavy atom. The topological polar surface area (TPSA) is 65.5 Å². The molecule has 0 aliphatic rings. The number of aliphatic hydroxyl groups excluding tert-OH is 1. The summed E-state index contributed by atoms with van der Waals surface area (Å²) in [6.45, 7) is 3.11. The Morgan fingerprint density at radius 2 is 2.28 bits per heavy atom. The van der Waals surface area contributed by atoms with Gasteiger partial charge in [0.15, 0.2) is 0 Å². The molecule has 5 nitrogen and oxygen atoms in total. The number of rotatable bonds is 7. The predicted octanol–water partition coefficient (Wildman–Crippen LogP) is 1.36. The summed E-state index contributed by atoms with van der Waals surface area (Å²) in [4.78, 5) is 18.0. The molecule has 0 aromatic carbocycles. The minimum atomic E-state index is -0.0589. The highest BCUT2D eigenvalue weighted by Gasteiger charge is 2.15. The summed E-state index contributed by atoms with van der Waals surface area (Å²) in [7, 11) is 1.76. The highest BCUT2D eigenvalue weighted by Crippen LogP contribution is 2.10. The van der Waals surface area contributed by atoms with Crippen LogP contribution in [0.5, 0.6) is 0 Å². The maximum absolute atomic E-state index is 12.3. The van der Waals surface area contributed by atoms with Crippen LogP contribution in [-0.4, -0.2) is 47.6 Å². The van der Waals surface area contributed by atoms with E-state index in [0.29, 0.717) is 24.5 Å². The van der Waals surface area contributed by atoms with Crippen LogP contribution in [0.25, 0.3) is 0 Å². The molecule has 5 heteroatoms. The number of hydrogen-bond acceptors (Lipinski definition) is 4. The zero-order valence-electron chi connectivity index (χ0n) is 11.0. The van der Waals surface area contributed by atoms with Crippen molar-refractivity contribution in [2.75, 3.05) is 32.1 Å². The van der Waals surface area contributed by atoms with Crippen LogP contribution in [0.2, 0.25) is 0 Å². The summed E-state index contributed by atoms with van der Waals surface area (Å²) in [5.41, 5.74) is 0.596. The number of nitrogens with one attached hydrogen (secondary N) is 1. The molecule has 0 bridgehead atoms. The van der Waals surface area contributed by atoms with E-state index in [9.17, 15) is 4.79 Å². The van der Waals surface area contributed by atoms with E-state index in [1.807, 2.05) is 0 Å². The molecule has 100 valence electrons. The number of nitrogens with zero attached hydrogens (tertiary/aromatic N) is 2. The van der Waals surface area contributed by atoms with Gasteiger partial charge in [0.25, 0.3) is 5.91 Å². The van der Waals surface area contributed by atoms with Crippen LogP contribution in [0.15, 0.2) is 18.3 Å². The van der Waals surface area contributed by atoms with Crippen molar-refractivity contribution in [2.45, 2.75) is 19.8 Å². The molecule has 1 heterocycles. The average Bonchev–Trinajstić information content (AvgIpc) is 2.42. The summed E-state index contributed by atoms with van der Waals surface area (Å²) >= 11 is 0. The van der Waals surface area contributed by atoms with Gasteiger partial charge in [0.05, 0.1) is 6.61 Å². The average molecular weight is 251 g/mol. The molecule has 0 aliphatic heterocycles. The van der Waals surface area contributed by atoms with Crippen molar-refractivity contribution in [1.29, 1.82) is 0 Å². The Kier molecular flexibility index (Phi) is 6.14. The smallest absolute Gasteiger partial charge is 0.254 e. The lowest BCUT2D eigenvalue weighted by Gasteiger charge is -2.21. The first-order chi connectivity index (χ1) is 8.72. The molecule has 0 spiro atoms. The third-order valence-corrected chi connectivity index (χ3v) is 2.70. The predicted molar refractivity (Wildman–Crippen MR) is 71.7 cm³/mol. The number of amides is 1. The number of anilines is 1. The monoisotopic (exact) mass is 251 g/mol. The molecule has 1 aromatic heterocycles. The van der Waals surface area contributed by atoms with Gasteiger partial charge in [0.2, 0.25) is 0 Å². The quantitative estimate of drug-likeness (QED) is 0.768. The van der Waals surface area contributed by atoms with Gasteiger partial charge in [-0.1, -0.05) is 13.3 Å². The molecule has 2 N–H and O–H groups in total. The highest BCUT2D eigenvalue weighted by atomic mass is 16.3. The van der Waals surface area contributed by atoms with Crippen molar-refractivity contribution < 1.29 is 9.90 Å². The minimum Gasteiger partial charge on any atom is -0.395 e. The zero-order valence-corrected chi connectivity index (χ0v) is 11.0. The second-order valence-corrected chi connectivity index (χ2v) is 4.05. The van der Waals surface area contributed by atoms with Crippen molar-refractivity contribution in [3.63, 3.8) is 0 Å². The van der Waals surface area contributed by atoms with Gasteiger partial charge in [-0.05, 0) is 18.6 Å². The van der Waals surface area contributed by atoms with E-state index in [1.165, 1.54) is 0 Å². The van der Waals surface area contributed by atoms with Crippen molar-refractivity contribution >= 4 is 11.7 Å². The second kappa shape index (κ2) is 7.66. The van der Waals surface area contributed by atoms with Gasteiger partial charge >= 0.3 is 0 Å². The number of carbonyl (C=O) groups excluding carboxylic acids is 1. The largest absolute Gasteiger partial charge is 0.395 e. The molecule has 0 fully saturated rings. The number of pyridine rings is 1. The van der Waals surface area contributed by atoms with E-state index in [-0.39, 0.29) is 12.5 Å². The molecule has 18 heavy (non-hydrogen) atoms. The number of unbranched alkanes of at least 4 members (excludes halogenated alkanes) is 1. The van der Waals surface area contributed by atoms with Crippen LogP contribution in [0.4, 0.5) is 5.82 Å². The van der Waals surface area contributed by atoms with Crippen LogP contribution in [0.3, 0.4) is 0 Å². The van der Waals surface area contributed by atoms with Crippen LogP contribution >= 0.6 is 0 Å². The Labute approximate surface area is 108 Å². The molecular formula is C13H21N3O2. The Bertz CT molecular complexity index is 382. The fourth-order valence-corrected chi connectivity index (χ4v) is 1.67. The number of hydrogen-bond donors (Lipinski definition) is 2. The maximum atomic E-state index is 12.3. The van der Waals surface area contributed by atoms with Crippen LogP contribution < -0.4 is 5.32 Å². The van der Waals surface area contributed by atoms with Crippen LogP contribution in [0.1, 0.15) is 30.1 Å². The summed E-state index contributed by atoms with van der Waals surface area (Å²) < 4.78 is 0. The molecule has 0 atom stereocenters. The summed E-state index contributed by atoms with van der Waals surface area (Å²) in [6.07, 6.45) is 3.57. The van der Waals surface area contributed by atoms with E-state index in [0.717, 1.165) is 12.8 Å². The summed E-state index contributed by atoms with van der Waals surface area (Å²) in [5, 5.41) is 11.9. The highest BCUT2D eigenvalue weighted by molar-refractivity contribution is 5.94. The molecule has 0 aliphatic carbocycles. The van der Waals surface area contributed by atoms with E-state index < -0.39 is 0 Å². The standard InChI is InChI=1S/C13H21N3O2/c1-3-4-7-16(8-9-17)13(18)11-5-6-15-12(10-11)14-2/h5-6,10,17H,3-4,7-9H2,1-2H3,(H,14,15). The molecule has 0 saturated carbocycles. The zero-order chi connectivity index (χ0) is 13.4. The molecular weight excluding hydrogens is 230 g/mol. The fourth-order valence-electron chi connectivity index (χ4n) is 1.67. The van der Waals surface area contributed by atoms with E-state index in [2.05, 4.69) is 17.2 Å². The van der Waals surface area contributed by atoms with E-state index in [4.69, 9.17) is 5.11 Å². The second-order valence-electron chi connectivity index (χ2n) is 4.05. The lowest BCUT2D eigenvalue weighted by Crippen LogP contribution is -2.34. The van der Waals surface area contributed by atoms with Crippen molar-refractivity contribution in [3.05, 3.63) is 23.9 Å². The molecule has 0 radical (unpaired) electrons. The lowest BCUT2D eigenvalue weighted by molar-refractivity contribution is 0.0719. The summed E-state index contributed by atoms with van der Waals surface area (Å²) in [5.74, 6) is 0.608. The minimum absolute atomic E-state index is 0.0145. The van der Waals surface area contributed by atoms with Gasteiger partial charge in [-0.15, -0.1) is 0 Å². The van der Waals surface area contributed by atoms with Gasteiger partial charge in [-0.25, -0.2) is 4.98 Å². The molecule has 1 amide bonds. The number of aliphatic hydroxyl groups is 1. The molecule has 1 rings (SSSR count). The van der Waals surface area contributed by atoms with E-state index >= 15 is 0 Å². The molecule has 0 unspecified atom stereocenters. The first-order valence-electron chi connectivity index (χ1n) is 6.26. The fraction of sp³-hybridized carbons (Fsp3) is 0.538. The van der Waals surface area contributed by atoms with Gasteiger partial charge in [-0.3, -0.25) is 4.79 Å². The van der Waals surface area contributed by atoms with Crippen molar-refractivity contribution in [3.8, 4) is 0 Å².